The monoisotopic (exact) mass is 559 g/mol. The number of carbonyl (C=O) groups is 1. The van der Waals surface area contributed by atoms with Crippen molar-refractivity contribution in [2.75, 3.05) is 6.61 Å². The van der Waals surface area contributed by atoms with Crippen molar-refractivity contribution in [2.24, 2.45) is 5.92 Å². The number of rotatable bonds is 9. The molecule has 0 bridgehead atoms. The molecule has 0 radical (unpaired) electrons. The largest absolute Gasteiger partial charge is 1.00 e. The number of nitrogens with zero attached hydrogens (tertiary/aromatic N) is 3. The van der Waals surface area contributed by atoms with Crippen molar-refractivity contribution in [3.63, 3.8) is 0 Å². The number of alkyl halides is 2. The number of thiophene rings is 1. The first kappa shape index (κ1) is 29.8. The van der Waals surface area contributed by atoms with Crippen LogP contribution in [0.5, 0.6) is 0 Å². The van der Waals surface area contributed by atoms with Gasteiger partial charge in [-0.25, -0.2) is 22.2 Å². The third kappa shape index (κ3) is 7.41. The molecular weight excluding hydrogens is 531 g/mol. The van der Waals surface area contributed by atoms with Crippen molar-refractivity contribution in [3.05, 3.63) is 63.7 Å². The van der Waals surface area contributed by atoms with Crippen molar-refractivity contribution >= 4 is 27.5 Å². The summed E-state index contributed by atoms with van der Waals surface area (Å²) in [6, 6.07) is 9.68. The first-order valence-electron chi connectivity index (χ1n) is 11.7. The Balaban J connectivity index is 0.00000380. The van der Waals surface area contributed by atoms with Gasteiger partial charge in [-0.05, 0) is 42.9 Å². The van der Waals surface area contributed by atoms with E-state index in [0.29, 0.717) is 30.4 Å². The number of ether oxygens (including phenoxy) is 1. The Labute approximate surface area is 242 Å². The summed E-state index contributed by atoms with van der Waals surface area (Å²) >= 11 is 1.06. The average molecular weight is 560 g/mol. The number of aryl methyl sites for hydroxylation is 1. The van der Waals surface area contributed by atoms with Gasteiger partial charge in [0.15, 0.2) is 0 Å². The van der Waals surface area contributed by atoms with Gasteiger partial charge >= 0.3 is 29.6 Å². The summed E-state index contributed by atoms with van der Waals surface area (Å²) < 4.78 is 62.0. The molecule has 12 heteroatoms. The minimum atomic E-state index is -4.41. The van der Waals surface area contributed by atoms with Crippen LogP contribution >= 0.6 is 11.3 Å². The zero-order chi connectivity index (χ0) is 26.1. The molecule has 0 fully saturated rings. The van der Waals surface area contributed by atoms with Crippen LogP contribution < -0.4 is 29.6 Å². The molecule has 4 rings (SSSR count). The smallest absolute Gasteiger partial charge is 0.505 e. The van der Waals surface area contributed by atoms with Crippen molar-refractivity contribution < 1.29 is 56.3 Å². The van der Waals surface area contributed by atoms with Crippen LogP contribution in [0.25, 0.3) is 15.8 Å². The molecule has 1 aromatic carbocycles. The number of benzene rings is 1. The molecule has 1 aliphatic rings. The van der Waals surface area contributed by atoms with E-state index < -0.39 is 35.1 Å². The molecule has 1 atom stereocenters. The second-order valence-electron chi connectivity index (χ2n) is 9.44. The number of fused-ring (bicyclic) bond motifs is 1. The topological polar surface area (TPSA) is 92.4 Å². The quantitative estimate of drug-likeness (QED) is 0.374. The van der Waals surface area contributed by atoms with E-state index in [9.17, 15) is 22.0 Å². The van der Waals surface area contributed by atoms with Gasteiger partial charge in [-0.1, -0.05) is 38.1 Å². The Hall–Kier alpha value is -1.79. The average Bonchev–Trinajstić information content (AvgIpc) is 3.48. The summed E-state index contributed by atoms with van der Waals surface area (Å²) in [5.74, 6) is -1.70. The van der Waals surface area contributed by atoms with Crippen molar-refractivity contribution in [3.8, 4) is 11.1 Å². The molecular formula is C25H28F2N3NaO4S2. The SMILES string of the molecule is CC(C)Cc1cc(-c2ccc([C@@H]3CCc4nccn43)cc2)c(S(=O)(=O)[N-]C(=O)OCCC(C)(F)F)s1.[Na+]. The number of hydrogen-bond acceptors (Lipinski definition) is 6. The van der Waals surface area contributed by atoms with Gasteiger partial charge < -0.3 is 14.0 Å². The molecule has 1 amide bonds. The van der Waals surface area contributed by atoms with Crippen LogP contribution in [0.1, 0.15) is 55.9 Å². The Bertz CT molecular complexity index is 1330. The van der Waals surface area contributed by atoms with Crippen LogP contribution in [0.15, 0.2) is 46.9 Å². The Morgan fingerprint density at radius 3 is 2.65 bits per heavy atom. The van der Waals surface area contributed by atoms with Crippen molar-refractivity contribution in [1.29, 1.82) is 0 Å². The number of hydrogen-bond donors (Lipinski definition) is 0. The summed E-state index contributed by atoms with van der Waals surface area (Å²) in [4.78, 5) is 17.2. The van der Waals surface area contributed by atoms with Crippen molar-refractivity contribution in [1.82, 2.24) is 9.55 Å². The fourth-order valence-corrected chi connectivity index (χ4v) is 7.00. The maximum absolute atomic E-state index is 13.1. The molecule has 0 aliphatic carbocycles. The van der Waals surface area contributed by atoms with Gasteiger partial charge in [0.25, 0.3) is 0 Å². The molecule has 0 saturated heterocycles. The molecule has 2 aromatic heterocycles. The van der Waals surface area contributed by atoms with E-state index in [1.165, 1.54) is 0 Å². The number of aromatic nitrogens is 2. The molecule has 0 saturated carbocycles. The van der Waals surface area contributed by atoms with Gasteiger partial charge in [0, 0.05) is 35.7 Å². The summed E-state index contributed by atoms with van der Waals surface area (Å²) in [6.45, 7) is 4.12. The molecule has 1 aliphatic heterocycles. The first-order valence-corrected chi connectivity index (χ1v) is 14.0. The van der Waals surface area contributed by atoms with E-state index in [1.54, 1.807) is 6.20 Å². The van der Waals surface area contributed by atoms with Crippen LogP contribution in [0.2, 0.25) is 0 Å². The van der Waals surface area contributed by atoms with Gasteiger partial charge in [0.1, 0.15) is 20.1 Å². The number of carbonyl (C=O) groups excluding carboxylic acids is 1. The number of amides is 1. The number of sulfonamides is 1. The number of halogens is 2. The van der Waals surface area contributed by atoms with E-state index in [0.717, 1.165) is 40.4 Å². The first-order chi connectivity index (χ1) is 16.9. The predicted molar refractivity (Wildman–Crippen MR) is 134 cm³/mol. The third-order valence-corrected chi connectivity index (χ3v) is 8.80. The summed E-state index contributed by atoms with van der Waals surface area (Å²) in [7, 11) is -4.41. The van der Waals surface area contributed by atoms with Crippen LogP contribution in [0.3, 0.4) is 0 Å². The minimum Gasteiger partial charge on any atom is -0.505 e. The maximum atomic E-state index is 13.1. The van der Waals surface area contributed by atoms with E-state index in [1.807, 2.05) is 50.4 Å². The van der Waals surface area contributed by atoms with Gasteiger partial charge in [-0.15, -0.1) is 11.3 Å². The van der Waals surface area contributed by atoms with Crippen LogP contribution in [0.4, 0.5) is 13.6 Å². The number of imidazole rings is 1. The molecule has 7 nitrogen and oxygen atoms in total. The molecule has 37 heavy (non-hydrogen) atoms. The van der Waals surface area contributed by atoms with Crippen molar-refractivity contribution in [2.45, 2.75) is 62.6 Å². The summed E-state index contributed by atoms with van der Waals surface area (Å²) in [5, 5.41) is 0. The summed E-state index contributed by atoms with van der Waals surface area (Å²) in [6.07, 6.45) is 4.14. The molecule has 194 valence electrons. The van der Waals surface area contributed by atoms with Gasteiger partial charge in [0.2, 0.25) is 12.0 Å². The second kappa shape index (κ2) is 11.9. The van der Waals surface area contributed by atoms with E-state index in [4.69, 9.17) is 0 Å². The van der Waals surface area contributed by atoms with Crippen LogP contribution in [0, 0.1) is 5.92 Å². The zero-order valence-corrected chi connectivity index (χ0v) is 24.9. The minimum absolute atomic E-state index is 0. The molecule has 3 aromatic rings. The van der Waals surface area contributed by atoms with Crippen LogP contribution in [-0.4, -0.2) is 36.6 Å². The third-order valence-electron chi connectivity index (χ3n) is 5.89. The normalized spacial score (nSPS) is 15.4. The second-order valence-corrected chi connectivity index (χ2v) is 12.4. The maximum Gasteiger partial charge on any atom is 1.00 e. The Kier molecular flexibility index (Phi) is 9.61. The van der Waals surface area contributed by atoms with Crippen LogP contribution in [-0.2, 0) is 27.6 Å². The summed E-state index contributed by atoms with van der Waals surface area (Å²) in [5.41, 5.74) is 2.23. The fraction of sp³-hybridized carbons (Fsp3) is 0.440. The van der Waals surface area contributed by atoms with Gasteiger partial charge in [-0.3, -0.25) is 4.79 Å². The predicted octanol–water partition coefficient (Wildman–Crippen LogP) is 3.59. The van der Waals surface area contributed by atoms with Gasteiger partial charge in [-0.2, -0.15) is 0 Å². The molecule has 3 heterocycles. The van der Waals surface area contributed by atoms with E-state index in [-0.39, 0.29) is 39.8 Å². The van der Waals surface area contributed by atoms with E-state index >= 15 is 0 Å². The Morgan fingerprint density at radius 2 is 2.00 bits per heavy atom. The molecule has 0 N–H and O–H groups in total. The molecule has 0 unspecified atom stereocenters. The van der Waals surface area contributed by atoms with Gasteiger partial charge in [0.05, 0.1) is 12.6 Å². The Morgan fingerprint density at radius 1 is 1.30 bits per heavy atom. The van der Waals surface area contributed by atoms with E-state index in [2.05, 4.69) is 19.0 Å². The standard InChI is InChI=1S/C25H29F2N3O4S2.Na/c1-16(2)14-19-15-20(23(35-19)36(32,33)29-24(31)34-13-10-25(3,26)27)17-4-6-18(7-5-17)21-8-9-22-28-11-12-30(21)22;/h4-7,11-12,15-16,21H,8-10,13-14H2,1-3H3,(H,29,31);/q;+1/p-1/t21-;/m0./s1. The fourth-order valence-electron chi connectivity index (χ4n) is 4.24. The zero-order valence-electron chi connectivity index (χ0n) is 21.3. The molecule has 0 spiro atoms.